The van der Waals surface area contributed by atoms with E-state index in [0.29, 0.717) is 0 Å². The van der Waals surface area contributed by atoms with Crippen LogP contribution >= 0.6 is 17.0 Å². The first-order valence-corrected chi connectivity index (χ1v) is 3.03. The first-order valence-electron chi connectivity index (χ1n) is 3.03. The lowest BCUT2D eigenvalue weighted by atomic mass is 10.1. The molecule has 0 amide bonds. The van der Waals surface area contributed by atoms with Gasteiger partial charge in [-0.25, -0.2) is 0 Å². The molecule has 0 fully saturated rings. The minimum absolute atomic E-state index is 0. The summed E-state index contributed by atoms with van der Waals surface area (Å²) >= 11 is 0. The van der Waals surface area contributed by atoms with Gasteiger partial charge in [-0.2, -0.15) is 0 Å². The zero-order valence-corrected chi connectivity index (χ0v) is 7.93. The summed E-state index contributed by atoms with van der Waals surface area (Å²) < 4.78 is 0. The Morgan fingerprint density at radius 3 is 2.10 bits per heavy atom. The van der Waals surface area contributed by atoms with Gasteiger partial charge in [0.25, 0.3) is 0 Å². The number of aryl methyl sites for hydroxylation is 2. The molecular formula is C8H12BrN. The molecule has 10 heavy (non-hydrogen) atoms. The van der Waals surface area contributed by atoms with Crippen molar-refractivity contribution in [3.05, 3.63) is 29.3 Å². The van der Waals surface area contributed by atoms with Crippen molar-refractivity contribution in [2.75, 3.05) is 5.73 Å². The van der Waals surface area contributed by atoms with E-state index in [4.69, 9.17) is 5.73 Å². The smallest absolute Gasteiger partial charge is 0.0316 e. The molecule has 0 aromatic heterocycles. The normalized spacial score (nSPS) is 8.60. The summed E-state index contributed by atoms with van der Waals surface area (Å²) in [4.78, 5) is 0. The molecule has 0 unspecified atom stereocenters. The molecule has 0 spiro atoms. The molecule has 0 bridgehead atoms. The van der Waals surface area contributed by atoms with Gasteiger partial charge in [0, 0.05) is 5.69 Å². The fourth-order valence-electron chi connectivity index (χ4n) is 0.765. The lowest BCUT2D eigenvalue weighted by molar-refractivity contribution is 1.34. The number of hydrogen-bond acceptors (Lipinski definition) is 1. The Bertz CT molecular complexity index is 220. The molecule has 1 aromatic carbocycles. The van der Waals surface area contributed by atoms with Crippen molar-refractivity contribution in [2.45, 2.75) is 13.8 Å². The molecule has 56 valence electrons. The third kappa shape index (κ3) is 2.03. The standard InChI is InChI=1S/C8H11N.BrH/c1-6-3-4-8(9)5-7(6)2;/h3-5H,9H2,1-2H3;1H. The Morgan fingerprint density at radius 1 is 1.10 bits per heavy atom. The molecule has 0 saturated carbocycles. The van der Waals surface area contributed by atoms with E-state index in [0.717, 1.165) is 5.69 Å². The van der Waals surface area contributed by atoms with Gasteiger partial charge in [0.2, 0.25) is 0 Å². The molecule has 2 heteroatoms. The van der Waals surface area contributed by atoms with E-state index in [1.165, 1.54) is 11.1 Å². The molecular weight excluding hydrogens is 190 g/mol. The van der Waals surface area contributed by atoms with Gasteiger partial charge in [0.1, 0.15) is 0 Å². The third-order valence-electron chi connectivity index (χ3n) is 1.53. The summed E-state index contributed by atoms with van der Waals surface area (Å²) in [5.41, 5.74) is 8.93. The van der Waals surface area contributed by atoms with Crippen LogP contribution in [-0.2, 0) is 0 Å². The second-order valence-electron chi connectivity index (χ2n) is 2.34. The SMILES string of the molecule is Br.Cc1ccc(N)cc1C. The van der Waals surface area contributed by atoms with Crippen LogP contribution in [0.15, 0.2) is 18.2 Å². The monoisotopic (exact) mass is 201 g/mol. The van der Waals surface area contributed by atoms with Gasteiger partial charge in [-0.3, -0.25) is 0 Å². The van der Waals surface area contributed by atoms with Crippen molar-refractivity contribution in [3.8, 4) is 0 Å². The minimum Gasteiger partial charge on any atom is -0.399 e. The summed E-state index contributed by atoms with van der Waals surface area (Å²) in [5.74, 6) is 0. The molecule has 0 atom stereocenters. The second kappa shape index (κ2) is 3.62. The fraction of sp³-hybridized carbons (Fsp3) is 0.250. The third-order valence-corrected chi connectivity index (χ3v) is 1.53. The van der Waals surface area contributed by atoms with Gasteiger partial charge in [0.15, 0.2) is 0 Å². The number of hydrogen-bond donors (Lipinski definition) is 1. The second-order valence-corrected chi connectivity index (χ2v) is 2.34. The minimum atomic E-state index is 0. The molecule has 0 aliphatic carbocycles. The van der Waals surface area contributed by atoms with Crippen molar-refractivity contribution in [2.24, 2.45) is 0 Å². The lowest BCUT2D eigenvalue weighted by Crippen LogP contribution is -1.86. The maximum absolute atomic E-state index is 5.53. The van der Waals surface area contributed by atoms with Crippen LogP contribution in [0.5, 0.6) is 0 Å². The average molecular weight is 202 g/mol. The summed E-state index contributed by atoms with van der Waals surface area (Å²) in [6.07, 6.45) is 0. The van der Waals surface area contributed by atoms with Gasteiger partial charge >= 0.3 is 0 Å². The molecule has 0 aliphatic rings. The largest absolute Gasteiger partial charge is 0.399 e. The van der Waals surface area contributed by atoms with Crippen LogP contribution in [0.1, 0.15) is 11.1 Å². The summed E-state index contributed by atoms with van der Waals surface area (Å²) in [7, 11) is 0. The Kier molecular flexibility index (Phi) is 3.43. The van der Waals surface area contributed by atoms with Crippen LogP contribution in [0.2, 0.25) is 0 Å². The van der Waals surface area contributed by atoms with Crippen LogP contribution in [-0.4, -0.2) is 0 Å². The molecule has 0 saturated heterocycles. The number of halogens is 1. The van der Waals surface area contributed by atoms with E-state index in [1.807, 2.05) is 18.2 Å². The van der Waals surface area contributed by atoms with E-state index < -0.39 is 0 Å². The fourth-order valence-corrected chi connectivity index (χ4v) is 0.765. The van der Waals surface area contributed by atoms with Crippen molar-refractivity contribution in [1.29, 1.82) is 0 Å². The van der Waals surface area contributed by atoms with Crippen LogP contribution in [0.25, 0.3) is 0 Å². The van der Waals surface area contributed by atoms with Gasteiger partial charge in [0.05, 0.1) is 0 Å². The molecule has 1 rings (SSSR count). The highest BCUT2D eigenvalue weighted by Crippen LogP contribution is 2.09. The van der Waals surface area contributed by atoms with E-state index in [-0.39, 0.29) is 17.0 Å². The Hall–Kier alpha value is -0.500. The lowest BCUT2D eigenvalue weighted by Gasteiger charge is -1.98. The van der Waals surface area contributed by atoms with E-state index >= 15 is 0 Å². The van der Waals surface area contributed by atoms with Crippen molar-refractivity contribution < 1.29 is 0 Å². The highest BCUT2D eigenvalue weighted by Gasteiger charge is 1.89. The van der Waals surface area contributed by atoms with Gasteiger partial charge in [-0.15, -0.1) is 17.0 Å². The highest BCUT2D eigenvalue weighted by molar-refractivity contribution is 8.93. The number of anilines is 1. The van der Waals surface area contributed by atoms with E-state index in [1.54, 1.807) is 0 Å². The van der Waals surface area contributed by atoms with Crippen molar-refractivity contribution in [1.82, 2.24) is 0 Å². The van der Waals surface area contributed by atoms with Crippen molar-refractivity contribution >= 4 is 22.7 Å². The maximum atomic E-state index is 5.53. The summed E-state index contributed by atoms with van der Waals surface area (Å²) in [6.45, 7) is 4.14. The van der Waals surface area contributed by atoms with Gasteiger partial charge in [-0.1, -0.05) is 6.07 Å². The van der Waals surface area contributed by atoms with Gasteiger partial charge in [-0.05, 0) is 37.1 Å². The quantitative estimate of drug-likeness (QED) is 0.642. The number of nitrogen functional groups attached to an aromatic ring is 1. The predicted molar refractivity (Wildman–Crippen MR) is 50.7 cm³/mol. The molecule has 0 heterocycles. The summed E-state index contributed by atoms with van der Waals surface area (Å²) in [5, 5.41) is 0. The Balaban J connectivity index is 0.000000810. The first kappa shape index (κ1) is 9.50. The van der Waals surface area contributed by atoms with Crippen LogP contribution < -0.4 is 5.73 Å². The molecule has 0 aliphatic heterocycles. The van der Waals surface area contributed by atoms with Crippen LogP contribution in [0.4, 0.5) is 5.69 Å². The average Bonchev–Trinajstić information content (AvgIpc) is 1.80. The zero-order chi connectivity index (χ0) is 6.85. The number of rotatable bonds is 0. The number of benzene rings is 1. The molecule has 2 N–H and O–H groups in total. The Labute approximate surface area is 72.0 Å². The molecule has 1 nitrogen and oxygen atoms in total. The molecule has 1 aromatic rings. The van der Waals surface area contributed by atoms with E-state index in [9.17, 15) is 0 Å². The van der Waals surface area contributed by atoms with Crippen LogP contribution in [0.3, 0.4) is 0 Å². The topological polar surface area (TPSA) is 26.0 Å². The predicted octanol–water partition coefficient (Wildman–Crippen LogP) is 2.46. The maximum Gasteiger partial charge on any atom is 0.0316 e. The Morgan fingerprint density at radius 2 is 1.70 bits per heavy atom. The van der Waals surface area contributed by atoms with Crippen molar-refractivity contribution in [3.63, 3.8) is 0 Å². The molecule has 0 radical (unpaired) electrons. The first-order chi connectivity index (χ1) is 4.20. The number of nitrogens with two attached hydrogens (primary N) is 1. The van der Waals surface area contributed by atoms with E-state index in [2.05, 4.69) is 13.8 Å². The van der Waals surface area contributed by atoms with Crippen LogP contribution in [0, 0.1) is 13.8 Å². The summed E-state index contributed by atoms with van der Waals surface area (Å²) in [6, 6.07) is 5.93. The zero-order valence-electron chi connectivity index (χ0n) is 6.22. The highest BCUT2D eigenvalue weighted by atomic mass is 79.9. The van der Waals surface area contributed by atoms with Gasteiger partial charge < -0.3 is 5.73 Å².